The van der Waals surface area contributed by atoms with E-state index < -0.39 is 33.7 Å². The zero-order chi connectivity index (χ0) is 31.0. The van der Waals surface area contributed by atoms with Crippen LogP contribution in [0.5, 0.6) is 0 Å². The number of carbonyl (C=O) groups is 2. The summed E-state index contributed by atoms with van der Waals surface area (Å²) in [5, 5.41) is 7.98. The molecule has 2 amide bonds. The van der Waals surface area contributed by atoms with E-state index in [0.29, 0.717) is 29.3 Å². The molecule has 228 valence electrons. The number of anilines is 2. The van der Waals surface area contributed by atoms with Crippen molar-refractivity contribution in [2.75, 3.05) is 36.0 Å². The van der Waals surface area contributed by atoms with Crippen LogP contribution in [0.25, 0.3) is 5.65 Å². The van der Waals surface area contributed by atoms with Crippen molar-refractivity contribution in [1.82, 2.24) is 24.8 Å². The number of hydrogen-bond acceptors (Lipinski definition) is 8. The average molecular weight is 620 g/mol. The molecule has 1 aromatic carbocycles. The Balaban J connectivity index is 1.55. The molecule has 1 aliphatic heterocycles. The van der Waals surface area contributed by atoms with Gasteiger partial charge in [-0.1, -0.05) is 18.5 Å². The normalized spacial score (nSPS) is 16.4. The fourth-order valence-corrected chi connectivity index (χ4v) is 5.79. The van der Waals surface area contributed by atoms with Crippen molar-refractivity contribution >= 4 is 50.8 Å². The van der Waals surface area contributed by atoms with E-state index in [4.69, 9.17) is 26.4 Å². The number of carbonyl (C=O) groups excluding carboxylic acids is 2. The zero-order valence-corrected chi connectivity index (χ0v) is 26.5. The highest BCUT2D eigenvalue weighted by Gasteiger charge is 2.29. The fourth-order valence-electron chi connectivity index (χ4n) is 5.04. The molecule has 0 unspecified atom stereocenters. The van der Waals surface area contributed by atoms with Crippen molar-refractivity contribution in [3.8, 4) is 0 Å². The number of halogens is 1. The van der Waals surface area contributed by atoms with E-state index in [-0.39, 0.29) is 17.3 Å². The summed E-state index contributed by atoms with van der Waals surface area (Å²) >= 11 is 6.16. The van der Waals surface area contributed by atoms with Crippen LogP contribution in [0, 0.1) is 6.92 Å². The molecule has 0 bridgehead atoms. The fraction of sp³-hybridized carbons (Fsp3) is 0.500. The number of ether oxygens (including phenoxy) is 1. The maximum atomic E-state index is 13.6. The maximum absolute atomic E-state index is 13.6. The molecule has 1 saturated heterocycles. The van der Waals surface area contributed by atoms with Gasteiger partial charge in [-0.05, 0) is 58.7 Å². The van der Waals surface area contributed by atoms with Gasteiger partial charge in [-0.3, -0.25) is 9.52 Å². The number of amides is 2. The molecule has 1 fully saturated rings. The molecule has 12 nitrogen and oxygen atoms in total. The summed E-state index contributed by atoms with van der Waals surface area (Å²) in [4.78, 5) is 34.4. The summed E-state index contributed by atoms with van der Waals surface area (Å²) in [5.41, 5.74) is 1.90. The van der Waals surface area contributed by atoms with Crippen LogP contribution in [0.2, 0.25) is 5.02 Å². The lowest BCUT2D eigenvalue weighted by molar-refractivity contribution is 0.0508. The quantitative estimate of drug-likeness (QED) is 0.379. The average Bonchev–Trinajstić information content (AvgIpc) is 3.49. The molecule has 3 aromatic rings. The third-order valence-electron chi connectivity index (χ3n) is 6.86. The zero-order valence-electron chi connectivity index (χ0n) is 24.9. The number of rotatable bonds is 8. The molecule has 2 N–H and O–H groups in total. The van der Waals surface area contributed by atoms with Crippen molar-refractivity contribution < 1.29 is 22.7 Å². The van der Waals surface area contributed by atoms with Crippen LogP contribution < -0.4 is 14.9 Å². The van der Waals surface area contributed by atoms with Gasteiger partial charge in [-0.2, -0.15) is 5.10 Å². The van der Waals surface area contributed by atoms with Crippen molar-refractivity contribution in [3.63, 3.8) is 0 Å². The minimum Gasteiger partial charge on any atom is -0.444 e. The van der Waals surface area contributed by atoms with Gasteiger partial charge < -0.3 is 19.9 Å². The molecule has 0 saturated carbocycles. The van der Waals surface area contributed by atoms with Crippen LogP contribution in [0.15, 0.2) is 30.5 Å². The number of aromatic nitrogens is 3. The number of hydrogen-bond donors (Lipinski definition) is 2. The Morgan fingerprint density at radius 1 is 1.26 bits per heavy atom. The summed E-state index contributed by atoms with van der Waals surface area (Å²) in [6.45, 7) is 10.7. The van der Waals surface area contributed by atoms with E-state index >= 15 is 0 Å². The minimum atomic E-state index is -3.62. The van der Waals surface area contributed by atoms with Gasteiger partial charge in [0.25, 0.3) is 5.91 Å². The monoisotopic (exact) mass is 619 g/mol. The molecule has 14 heteroatoms. The van der Waals surface area contributed by atoms with Crippen LogP contribution in [0.1, 0.15) is 68.2 Å². The lowest BCUT2D eigenvalue weighted by atomic mass is 10.1. The van der Waals surface area contributed by atoms with E-state index in [9.17, 15) is 18.0 Å². The van der Waals surface area contributed by atoms with E-state index in [0.717, 1.165) is 30.6 Å². The van der Waals surface area contributed by atoms with Gasteiger partial charge in [0.05, 0.1) is 35.3 Å². The number of sulfonamides is 1. The molecule has 0 aliphatic carbocycles. The Hall–Kier alpha value is -3.58. The van der Waals surface area contributed by atoms with Gasteiger partial charge in [0.1, 0.15) is 11.4 Å². The number of fused-ring (bicyclic) bond motifs is 1. The number of aryl methyl sites for hydroxylation is 1. The summed E-state index contributed by atoms with van der Waals surface area (Å²) in [5.74, 6) is 0.397. The van der Waals surface area contributed by atoms with Gasteiger partial charge in [0.2, 0.25) is 10.0 Å². The lowest BCUT2D eigenvalue weighted by Gasteiger charge is -2.27. The number of benzene rings is 1. The van der Waals surface area contributed by atoms with Gasteiger partial charge >= 0.3 is 6.09 Å². The molecular formula is C28H38ClN7O5S. The Labute approximate surface area is 251 Å². The molecule has 0 spiro atoms. The third-order valence-corrected chi connectivity index (χ3v) is 7.68. The standard InChI is InChI=1S/C28H38ClN7O5S/c1-8-23(34(6)26(37)20-13-18(29)9-10-21(20)33-42(7,39)40)22-14-24-31-25(17(2)15-36(24)32-22)35-12-11-19(16-35)30-27(38)41-28(3,4)5/h9-10,13-15,19,23,33H,8,11-12,16H2,1-7H3,(H,30,38)/t19-,23-/m0/s1. The summed E-state index contributed by atoms with van der Waals surface area (Å²) in [7, 11) is -1.97. The highest BCUT2D eigenvalue weighted by molar-refractivity contribution is 7.92. The Kier molecular flexibility index (Phi) is 8.93. The second-order valence-electron chi connectivity index (χ2n) is 11.6. The first kappa shape index (κ1) is 31.4. The van der Waals surface area contributed by atoms with Crippen LogP contribution in [-0.4, -0.2) is 78.0 Å². The largest absolute Gasteiger partial charge is 0.444 e. The predicted octanol–water partition coefficient (Wildman–Crippen LogP) is 4.39. The molecule has 2 atom stereocenters. The van der Waals surface area contributed by atoms with E-state index in [2.05, 4.69) is 14.9 Å². The van der Waals surface area contributed by atoms with Gasteiger partial charge in [0, 0.05) is 43.0 Å². The molecule has 1 aliphatic rings. The molecule has 3 heterocycles. The van der Waals surface area contributed by atoms with Crippen molar-refractivity contribution in [2.45, 2.75) is 65.1 Å². The number of nitrogens with one attached hydrogen (secondary N) is 2. The van der Waals surface area contributed by atoms with Crippen molar-refractivity contribution in [1.29, 1.82) is 0 Å². The van der Waals surface area contributed by atoms with E-state index in [1.807, 2.05) is 46.9 Å². The SMILES string of the molecule is CC[C@@H](c1cc2nc(N3CC[C@H](NC(=O)OC(C)(C)C)C3)c(C)cn2n1)N(C)C(=O)c1cc(Cl)ccc1NS(C)(=O)=O. The summed E-state index contributed by atoms with van der Waals surface area (Å²) in [6, 6.07) is 5.81. The highest BCUT2D eigenvalue weighted by atomic mass is 35.5. The highest BCUT2D eigenvalue weighted by Crippen LogP contribution is 2.30. The smallest absolute Gasteiger partial charge is 0.407 e. The summed E-state index contributed by atoms with van der Waals surface area (Å²) in [6.07, 6.45) is 3.80. The summed E-state index contributed by atoms with van der Waals surface area (Å²) < 4.78 is 33.3. The first-order valence-corrected chi connectivity index (χ1v) is 16.0. The molecule has 42 heavy (non-hydrogen) atoms. The van der Waals surface area contributed by atoms with Crippen LogP contribution in [-0.2, 0) is 14.8 Å². The topological polar surface area (TPSA) is 138 Å². The second-order valence-corrected chi connectivity index (χ2v) is 13.8. The van der Waals surface area contributed by atoms with Crippen LogP contribution in [0.4, 0.5) is 16.3 Å². The number of nitrogens with zero attached hydrogens (tertiary/aromatic N) is 5. The van der Waals surface area contributed by atoms with Crippen LogP contribution >= 0.6 is 11.6 Å². The van der Waals surface area contributed by atoms with E-state index in [1.54, 1.807) is 11.6 Å². The maximum Gasteiger partial charge on any atom is 0.407 e. The van der Waals surface area contributed by atoms with Crippen molar-refractivity contribution in [2.24, 2.45) is 0 Å². The minimum absolute atomic E-state index is 0.0598. The molecule has 4 rings (SSSR count). The second kappa shape index (κ2) is 12.0. The molecular weight excluding hydrogens is 582 g/mol. The first-order chi connectivity index (χ1) is 19.5. The molecule has 2 aromatic heterocycles. The lowest BCUT2D eigenvalue weighted by Crippen LogP contribution is -2.40. The first-order valence-electron chi connectivity index (χ1n) is 13.7. The van der Waals surface area contributed by atoms with E-state index in [1.165, 1.54) is 23.1 Å². The van der Waals surface area contributed by atoms with Gasteiger partial charge in [0.15, 0.2) is 5.65 Å². The Morgan fingerprint density at radius 2 is 1.98 bits per heavy atom. The van der Waals surface area contributed by atoms with Gasteiger partial charge in [-0.25, -0.2) is 22.7 Å². The Morgan fingerprint density at radius 3 is 2.62 bits per heavy atom. The van der Waals surface area contributed by atoms with Crippen molar-refractivity contribution in [3.05, 3.63) is 52.3 Å². The van der Waals surface area contributed by atoms with Gasteiger partial charge in [-0.15, -0.1) is 0 Å². The third kappa shape index (κ3) is 7.43. The van der Waals surface area contributed by atoms with Crippen LogP contribution in [0.3, 0.4) is 0 Å². The number of alkyl carbamates (subject to hydrolysis) is 1. The molecule has 0 radical (unpaired) electrons. The predicted molar refractivity (Wildman–Crippen MR) is 163 cm³/mol. The Bertz CT molecular complexity index is 1600.